The molecule has 1 amide bonds. The van der Waals surface area contributed by atoms with Gasteiger partial charge in [0.25, 0.3) is 5.91 Å². The fraction of sp³-hybridized carbons (Fsp3) is 0.385. The third-order valence-corrected chi connectivity index (χ3v) is 2.87. The van der Waals surface area contributed by atoms with Crippen LogP contribution in [-0.2, 0) is 14.3 Å². The van der Waals surface area contributed by atoms with Crippen LogP contribution < -0.4 is 5.32 Å². The van der Waals surface area contributed by atoms with Crippen LogP contribution in [0.5, 0.6) is 0 Å². The van der Waals surface area contributed by atoms with Gasteiger partial charge in [0.1, 0.15) is 0 Å². The number of aryl methyl sites for hydroxylation is 1. The molecule has 0 aliphatic carbocycles. The first-order valence-corrected chi connectivity index (χ1v) is 6.54. The summed E-state index contributed by atoms with van der Waals surface area (Å²) in [6.07, 6.45) is 1.05. The van der Waals surface area contributed by atoms with E-state index in [1.807, 2.05) is 26.0 Å². The summed E-state index contributed by atoms with van der Waals surface area (Å²) in [5, 5.41) is 2.67. The average Bonchev–Trinajstić information content (AvgIpc) is 2.31. The summed E-state index contributed by atoms with van der Waals surface area (Å²) >= 11 is 3.36. The molecular weight excluding hydrogens is 298 g/mol. The molecule has 0 fully saturated rings. The highest BCUT2D eigenvalue weighted by Crippen LogP contribution is 2.23. The number of carbonyl (C=O) groups is 2. The number of esters is 1. The van der Waals surface area contributed by atoms with Crippen LogP contribution in [0.2, 0.25) is 0 Å². The zero-order chi connectivity index (χ0) is 13.5. The monoisotopic (exact) mass is 313 g/mol. The maximum atomic E-state index is 11.5. The molecule has 0 unspecified atom stereocenters. The lowest BCUT2D eigenvalue weighted by atomic mass is 10.2. The molecule has 0 aliphatic heterocycles. The molecule has 0 spiro atoms. The number of anilines is 1. The van der Waals surface area contributed by atoms with Crippen LogP contribution in [0, 0.1) is 6.92 Å². The van der Waals surface area contributed by atoms with Gasteiger partial charge in [-0.3, -0.25) is 9.59 Å². The molecule has 0 heterocycles. The lowest BCUT2D eigenvalue weighted by Crippen LogP contribution is -2.20. The molecule has 0 saturated carbocycles. The summed E-state index contributed by atoms with van der Waals surface area (Å²) in [7, 11) is 0. The smallest absolute Gasteiger partial charge is 0.306 e. The fourth-order valence-corrected chi connectivity index (χ4v) is 1.92. The Morgan fingerprint density at radius 2 is 2.11 bits per heavy atom. The number of benzene rings is 1. The number of amides is 1. The number of hydrogen-bond acceptors (Lipinski definition) is 3. The van der Waals surface area contributed by atoms with E-state index in [0.717, 1.165) is 10.0 Å². The number of halogens is 1. The van der Waals surface area contributed by atoms with Gasteiger partial charge >= 0.3 is 5.97 Å². The zero-order valence-corrected chi connectivity index (χ0v) is 12.0. The van der Waals surface area contributed by atoms with Crippen LogP contribution in [0.25, 0.3) is 0 Å². The minimum atomic E-state index is -0.351. The average molecular weight is 314 g/mol. The van der Waals surface area contributed by atoms with Crippen LogP contribution in [0.4, 0.5) is 5.69 Å². The number of carbonyl (C=O) groups excluding carboxylic acids is 2. The first-order chi connectivity index (χ1) is 8.52. The number of nitrogens with one attached hydrogen (secondary N) is 1. The highest BCUT2D eigenvalue weighted by atomic mass is 79.9. The Bertz CT molecular complexity index is 446. The number of hydrogen-bond donors (Lipinski definition) is 1. The molecule has 0 bridgehead atoms. The largest absolute Gasteiger partial charge is 0.456 e. The summed E-state index contributed by atoms with van der Waals surface area (Å²) in [5.41, 5.74) is 1.76. The predicted molar refractivity (Wildman–Crippen MR) is 73.4 cm³/mol. The molecule has 1 rings (SSSR count). The lowest BCUT2D eigenvalue weighted by molar-refractivity contribution is -0.147. The first kappa shape index (κ1) is 14.7. The second kappa shape index (κ2) is 7.16. The molecule has 98 valence electrons. The summed E-state index contributed by atoms with van der Waals surface area (Å²) in [6, 6.07) is 5.59. The topological polar surface area (TPSA) is 55.4 Å². The van der Waals surface area contributed by atoms with Gasteiger partial charge in [0, 0.05) is 10.9 Å². The Morgan fingerprint density at radius 3 is 2.72 bits per heavy atom. The van der Waals surface area contributed by atoms with Gasteiger partial charge in [0.15, 0.2) is 6.61 Å². The van der Waals surface area contributed by atoms with Crippen LogP contribution in [0.15, 0.2) is 22.7 Å². The van der Waals surface area contributed by atoms with Crippen molar-refractivity contribution in [2.75, 3.05) is 11.9 Å². The van der Waals surface area contributed by atoms with Crippen LogP contribution in [0.3, 0.4) is 0 Å². The maximum absolute atomic E-state index is 11.5. The standard InChI is InChI=1S/C13H16BrNO3/c1-3-4-13(17)18-8-12(16)15-11-6-5-9(2)7-10(11)14/h5-7H,3-4,8H2,1-2H3,(H,15,16). The Labute approximate surface area is 115 Å². The molecule has 18 heavy (non-hydrogen) atoms. The molecule has 0 saturated heterocycles. The summed E-state index contributed by atoms with van der Waals surface area (Å²) in [4.78, 5) is 22.6. The van der Waals surface area contributed by atoms with Gasteiger partial charge in [-0.05, 0) is 47.0 Å². The quantitative estimate of drug-likeness (QED) is 0.850. The Balaban J connectivity index is 2.47. The highest BCUT2D eigenvalue weighted by molar-refractivity contribution is 9.10. The third-order valence-electron chi connectivity index (χ3n) is 2.22. The number of ether oxygens (including phenoxy) is 1. The van der Waals surface area contributed by atoms with Gasteiger partial charge in [-0.15, -0.1) is 0 Å². The van der Waals surface area contributed by atoms with E-state index >= 15 is 0 Å². The normalized spacial score (nSPS) is 9.94. The van der Waals surface area contributed by atoms with Gasteiger partial charge in [0.2, 0.25) is 0 Å². The van der Waals surface area contributed by atoms with E-state index in [9.17, 15) is 9.59 Å². The van der Waals surface area contributed by atoms with Crippen molar-refractivity contribution >= 4 is 33.5 Å². The Morgan fingerprint density at radius 1 is 1.39 bits per heavy atom. The Hall–Kier alpha value is -1.36. The van der Waals surface area contributed by atoms with Crippen molar-refractivity contribution in [2.45, 2.75) is 26.7 Å². The lowest BCUT2D eigenvalue weighted by Gasteiger charge is -2.08. The van der Waals surface area contributed by atoms with Crippen molar-refractivity contribution in [3.05, 3.63) is 28.2 Å². The minimum Gasteiger partial charge on any atom is -0.456 e. The maximum Gasteiger partial charge on any atom is 0.306 e. The van der Waals surface area contributed by atoms with E-state index in [0.29, 0.717) is 18.5 Å². The molecule has 0 atom stereocenters. The zero-order valence-electron chi connectivity index (χ0n) is 10.5. The van der Waals surface area contributed by atoms with E-state index in [-0.39, 0.29) is 18.5 Å². The molecule has 0 aromatic heterocycles. The van der Waals surface area contributed by atoms with Crippen LogP contribution in [-0.4, -0.2) is 18.5 Å². The van der Waals surface area contributed by atoms with Crippen molar-refractivity contribution in [3.63, 3.8) is 0 Å². The van der Waals surface area contributed by atoms with E-state index in [1.54, 1.807) is 6.07 Å². The van der Waals surface area contributed by atoms with Gasteiger partial charge in [-0.25, -0.2) is 0 Å². The molecular formula is C13H16BrNO3. The van der Waals surface area contributed by atoms with Crippen molar-refractivity contribution in [1.29, 1.82) is 0 Å². The fourth-order valence-electron chi connectivity index (χ4n) is 1.33. The summed E-state index contributed by atoms with van der Waals surface area (Å²) in [5.74, 6) is -0.695. The van der Waals surface area contributed by atoms with Crippen LogP contribution in [0.1, 0.15) is 25.3 Å². The predicted octanol–water partition coefficient (Wildman–Crippen LogP) is 3.04. The van der Waals surface area contributed by atoms with E-state index in [2.05, 4.69) is 21.2 Å². The molecule has 0 radical (unpaired) electrons. The van der Waals surface area contributed by atoms with Crippen molar-refractivity contribution in [2.24, 2.45) is 0 Å². The third kappa shape index (κ3) is 4.87. The van der Waals surface area contributed by atoms with Crippen molar-refractivity contribution in [1.82, 2.24) is 0 Å². The second-order valence-electron chi connectivity index (χ2n) is 3.94. The molecule has 5 heteroatoms. The highest BCUT2D eigenvalue weighted by Gasteiger charge is 2.08. The second-order valence-corrected chi connectivity index (χ2v) is 4.80. The molecule has 1 N–H and O–H groups in total. The SMILES string of the molecule is CCCC(=O)OCC(=O)Nc1ccc(C)cc1Br. The molecule has 4 nitrogen and oxygen atoms in total. The van der Waals surface area contributed by atoms with E-state index in [1.165, 1.54) is 0 Å². The Kier molecular flexibility index (Phi) is 5.85. The van der Waals surface area contributed by atoms with E-state index in [4.69, 9.17) is 4.74 Å². The molecule has 0 aliphatic rings. The van der Waals surface area contributed by atoms with Crippen LogP contribution >= 0.6 is 15.9 Å². The molecule has 1 aromatic rings. The number of rotatable bonds is 5. The summed E-state index contributed by atoms with van der Waals surface area (Å²) < 4.78 is 5.62. The van der Waals surface area contributed by atoms with Gasteiger partial charge in [-0.1, -0.05) is 13.0 Å². The summed E-state index contributed by atoms with van der Waals surface area (Å²) in [6.45, 7) is 3.59. The van der Waals surface area contributed by atoms with Crippen molar-refractivity contribution < 1.29 is 14.3 Å². The first-order valence-electron chi connectivity index (χ1n) is 5.74. The van der Waals surface area contributed by atoms with Gasteiger partial charge < -0.3 is 10.1 Å². The van der Waals surface area contributed by atoms with Gasteiger partial charge in [0.05, 0.1) is 5.69 Å². The van der Waals surface area contributed by atoms with Gasteiger partial charge in [-0.2, -0.15) is 0 Å². The molecule has 1 aromatic carbocycles. The van der Waals surface area contributed by atoms with E-state index < -0.39 is 0 Å². The van der Waals surface area contributed by atoms with Crippen molar-refractivity contribution in [3.8, 4) is 0 Å². The minimum absolute atomic E-state index is 0.251.